The summed E-state index contributed by atoms with van der Waals surface area (Å²) in [6.07, 6.45) is 5.59. The molecule has 0 bridgehead atoms. The molecular formula is C23H27FN6. The molecule has 156 valence electrons. The summed E-state index contributed by atoms with van der Waals surface area (Å²) in [6.45, 7) is 5.08. The van der Waals surface area contributed by atoms with E-state index >= 15 is 0 Å². The number of hydrogen-bond acceptors (Lipinski definition) is 3. The maximum atomic E-state index is 13.1. The molecule has 7 heteroatoms. The number of hydrogen-bond donors (Lipinski definition) is 1. The molecule has 1 saturated heterocycles. The highest BCUT2D eigenvalue weighted by atomic mass is 19.1. The number of guanidine groups is 1. The van der Waals surface area contributed by atoms with Crippen LogP contribution in [-0.4, -0.2) is 53.6 Å². The number of imidazole rings is 1. The lowest BCUT2D eigenvalue weighted by molar-refractivity contribution is 0.372. The predicted octanol–water partition coefficient (Wildman–Crippen LogP) is 2.97. The number of rotatable bonds is 5. The Morgan fingerprint density at radius 2 is 1.70 bits per heavy atom. The summed E-state index contributed by atoms with van der Waals surface area (Å²) < 4.78 is 15.2. The van der Waals surface area contributed by atoms with Gasteiger partial charge in [0.15, 0.2) is 5.96 Å². The standard InChI is InChI=1S/C23H27FN6/c1-25-23(30-14-12-29(13-15-30)22-8-6-21(24)7-9-22)27-16-19-2-4-20(5-3-19)17-28-11-10-26-18-28/h2-11,18H,12-17H2,1H3,(H,25,27). The molecule has 1 aliphatic rings. The maximum absolute atomic E-state index is 13.1. The van der Waals surface area contributed by atoms with Gasteiger partial charge in [-0.05, 0) is 35.4 Å². The van der Waals surface area contributed by atoms with Crippen molar-refractivity contribution in [3.05, 3.63) is 84.2 Å². The highest BCUT2D eigenvalue weighted by Gasteiger charge is 2.19. The van der Waals surface area contributed by atoms with Gasteiger partial charge in [0.05, 0.1) is 6.33 Å². The van der Waals surface area contributed by atoms with Crippen molar-refractivity contribution in [1.29, 1.82) is 0 Å². The van der Waals surface area contributed by atoms with E-state index in [4.69, 9.17) is 0 Å². The number of aliphatic imine (C=N–C) groups is 1. The summed E-state index contributed by atoms with van der Waals surface area (Å²) in [5.41, 5.74) is 3.53. The lowest BCUT2D eigenvalue weighted by atomic mass is 10.1. The van der Waals surface area contributed by atoms with Gasteiger partial charge in [0.1, 0.15) is 5.82 Å². The smallest absolute Gasteiger partial charge is 0.194 e. The zero-order valence-electron chi connectivity index (χ0n) is 17.2. The Morgan fingerprint density at radius 1 is 1.00 bits per heavy atom. The number of piperazine rings is 1. The summed E-state index contributed by atoms with van der Waals surface area (Å²) >= 11 is 0. The Labute approximate surface area is 176 Å². The molecule has 1 aliphatic heterocycles. The fourth-order valence-electron chi connectivity index (χ4n) is 3.70. The summed E-state index contributed by atoms with van der Waals surface area (Å²) in [7, 11) is 1.82. The van der Waals surface area contributed by atoms with Crippen LogP contribution in [0.2, 0.25) is 0 Å². The van der Waals surface area contributed by atoms with Gasteiger partial charge < -0.3 is 19.7 Å². The van der Waals surface area contributed by atoms with E-state index in [9.17, 15) is 4.39 Å². The topological polar surface area (TPSA) is 48.7 Å². The van der Waals surface area contributed by atoms with Gasteiger partial charge in [0.25, 0.3) is 0 Å². The quantitative estimate of drug-likeness (QED) is 0.523. The molecular weight excluding hydrogens is 379 g/mol. The van der Waals surface area contributed by atoms with Crippen molar-refractivity contribution in [2.75, 3.05) is 38.1 Å². The van der Waals surface area contributed by atoms with Crippen LogP contribution in [-0.2, 0) is 13.1 Å². The minimum Gasteiger partial charge on any atom is -0.368 e. The second-order valence-electron chi connectivity index (χ2n) is 7.40. The summed E-state index contributed by atoms with van der Waals surface area (Å²) in [5, 5.41) is 3.48. The van der Waals surface area contributed by atoms with Crippen LogP contribution in [0.4, 0.5) is 10.1 Å². The molecule has 0 saturated carbocycles. The molecule has 3 aromatic rings. The molecule has 4 rings (SSSR count). The number of halogens is 1. The van der Waals surface area contributed by atoms with Gasteiger partial charge in [-0.3, -0.25) is 4.99 Å². The van der Waals surface area contributed by atoms with Crippen LogP contribution >= 0.6 is 0 Å². The first-order valence-corrected chi connectivity index (χ1v) is 10.2. The normalized spacial score (nSPS) is 14.8. The molecule has 0 aliphatic carbocycles. The van der Waals surface area contributed by atoms with Crippen molar-refractivity contribution in [2.24, 2.45) is 4.99 Å². The van der Waals surface area contributed by atoms with Gasteiger partial charge in [-0.25, -0.2) is 9.37 Å². The fraction of sp³-hybridized carbons (Fsp3) is 0.304. The first kappa shape index (κ1) is 19.9. The average Bonchev–Trinajstić information content (AvgIpc) is 3.29. The Hall–Kier alpha value is -3.35. The molecule has 0 amide bonds. The summed E-state index contributed by atoms with van der Waals surface area (Å²) in [4.78, 5) is 13.1. The fourth-order valence-corrected chi connectivity index (χ4v) is 3.70. The van der Waals surface area contributed by atoms with Crippen LogP contribution in [0.5, 0.6) is 0 Å². The number of anilines is 1. The van der Waals surface area contributed by atoms with Crippen molar-refractivity contribution >= 4 is 11.6 Å². The van der Waals surface area contributed by atoms with Crippen LogP contribution in [0, 0.1) is 5.82 Å². The number of benzene rings is 2. The summed E-state index contributed by atoms with van der Waals surface area (Å²) in [6, 6.07) is 15.3. The van der Waals surface area contributed by atoms with E-state index in [1.807, 2.05) is 31.7 Å². The lowest BCUT2D eigenvalue weighted by Gasteiger charge is -2.37. The Bertz CT molecular complexity index is 942. The lowest BCUT2D eigenvalue weighted by Crippen LogP contribution is -2.52. The van der Waals surface area contributed by atoms with Gasteiger partial charge in [-0.1, -0.05) is 24.3 Å². The maximum Gasteiger partial charge on any atom is 0.194 e. The average molecular weight is 407 g/mol. The largest absolute Gasteiger partial charge is 0.368 e. The summed E-state index contributed by atoms with van der Waals surface area (Å²) in [5.74, 6) is 0.716. The first-order chi connectivity index (χ1) is 14.7. The van der Waals surface area contributed by atoms with E-state index in [1.54, 1.807) is 6.20 Å². The molecule has 30 heavy (non-hydrogen) atoms. The SMILES string of the molecule is CN=C(NCc1ccc(Cn2ccnc2)cc1)N1CCN(c2ccc(F)cc2)CC1. The number of nitrogens with one attached hydrogen (secondary N) is 1. The van der Waals surface area contributed by atoms with Crippen LogP contribution in [0.25, 0.3) is 0 Å². The number of nitrogens with zero attached hydrogens (tertiary/aromatic N) is 5. The third-order valence-corrected chi connectivity index (χ3v) is 5.38. The minimum absolute atomic E-state index is 0.197. The molecule has 1 N–H and O–H groups in total. The van der Waals surface area contributed by atoms with Crippen molar-refractivity contribution < 1.29 is 4.39 Å². The zero-order chi connectivity index (χ0) is 20.8. The van der Waals surface area contributed by atoms with E-state index in [0.717, 1.165) is 50.9 Å². The molecule has 0 atom stereocenters. The third-order valence-electron chi connectivity index (χ3n) is 5.38. The van der Waals surface area contributed by atoms with Crippen molar-refractivity contribution in [3.8, 4) is 0 Å². The second-order valence-corrected chi connectivity index (χ2v) is 7.40. The number of aromatic nitrogens is 2. The van der Waals surface area contributed by atoms with Gasteiger partial charge in [-0.2, -0.15) is 0 Å². The second kappa shape index (κ2) is 9.43. The van der Waals surface area contributed by atoms with Gasteiger partial charge in [0, 0.05) is 64.4 Å². The van der Waals surface area contributed by atoms with E-state index in [1.165, 1.54) is 23.3 Å². The first-order valence-electron chi connectivity index (χ1n) is 10.2. The molecule has 1 fully saturated rings. The Morgan fingerprint density at radius 3 is 2.33 bits per heavy atom. The minimum atomic E-state index is -0.197. The molecule has 0 spiro atoms. The highest BCUT2D eigenvalue weighted by molar-refractivity contribution is 5.80. The van der Waals surface area contributed by atoms with Crippen LogP contribution in [0.1, 0.15) is 11.1 Å². The van der Waals surface area contributed by atoms with Crippen molar-refractivity contribution in [1.82, 2.24) is 19.8 Å². The Balaban J connectivity index is 1.27. The van der Waals surface area contributed by atoms with Crippen molar-refractivity contribution in [3.63, 3.8) is 0 Å². The molecule has 1 aromatic heterocycles. The molecule has 2 heterocycles. The van der Waals surface area contributed by atoms with Crippen LogP contribution in [0.15, 0.2) is 72.2 Å². The molecule has 2 aromatic carbocycles. The highest BCUT2D eigenvalue weighted by Crippen LogP contribution is 2.17. The van der Waals surface area contributed by atoms with Gasteiger partial charge in [0.2, 0.25) is 0 Å². The van der Waals surface area contributed by atoms with E-state index in [0.29, 0.717) is 0 Å². The molecule has 0 unspecified atom stereocenters. The Kier molecular flexibility index (Phi) is 6.27. The zero-order valence-corrected chi connectivity index (χ0v) is 17.2. The van der Waals surface area contributed by atoms with Gasteiger partial charge in [-0.15, -0.1) is 0 Å². The van der Waals surface area contributed by atoms with Crippen molar-refractivity contribution in [2.45, 2.75) is 13.1 Å². The third kappa shape index (κ3) is 4.97. The molecule has 6 nitrogen and oxygen atoms in total. The van der Waals surface area contributed by atoms with Crippen LogP contribution < -0.4 is 10.2 Å². The predicted molar refractivity (Wildman–Crippen MR) is 118 cm³/mol. The van der Waals surface area contributed by atoms with E-state index in [2.05, 4.69) is 53.9 Å². The molecule has 0 radical (unpaired) electrons. The van der Waals surface area contributed by atoms with Crippen LogP contribution in [0.3, 0.4) is 0 Å². The monoisotopic (exact) mass is 406 g/mol. The van der Waals surface area contributed by atoms with E-state index in [-0.39, 0.29) is 5.82 Å². The van der Waals surface area contributed by atoms with E-state index < -0.39 is 0 Å². The van der Waals surface area contributed by atoms with Gasteiger partial charge >= 0.3 is 0 Å².